The topological polar surface area (TPSA) is 65.1 Å². The second-order valence-electron chi connectivity index (χ2n) is 9.84. The van der Waals surface area contributed by atoms with E-state index in [0.717, 1.165) is 27.9 Å². The number of anilines is 1. The minimum absolute atomic E-state index is 0.0920. The second kappa shape index (κ2) is 7.62. The van der Waals surface area contributed by atoms with Gasteiger partial charge in [0.05, 0.1) is 5.56 Å². The average Bonchev–Trinajstić information content (AvgIpc) is 3.05. The van der Waals surface area contributed by atoms with Crippen LogP contribution in [0.1, 0.15) is 53.4 Å². The summed E-state index contributed by atoms with van der Waals surface area (Å²) < 4.78 is 18.0. The van der Waals surface area contributed by atoms with E-state index in [2.05, 4.69) is 0 Å². The van der Waals surface area contributed by atoms with Crippen LogP contribution >= 0.6 is 0 Å². The Morgan fingerprint density at radius 2 is 1.65 bits per heavy atom. The third-order valence-electron chi connectivity index (χ3n) is 6.08. The SMILES string of the molecule is Cc1ccc2c(c1)Oc1cc(N(C)CC(=O)OC(C)(C)C)ccc1C21OC(=O)c2ccccc21. The normalized spacial score (nSPS) is 17.9. The van der Waals surface area contributed by atoms with Crippen LogP contribution in [0.2, 0.25) is 0 Å². The molecule has 0 radical (unpaired) electrons. The number of carbonyl (C=O) groups is 2. The molecule has 0 aromatic heterocycles. The highest BCUT2D eigenvalue weighted by Crippen LogP contribution is 2.56. The van der Waals surface area contributed by atoms with Crippen LogP contribution < -0.4 is 9.64 Å². The van der Waals surface area contributed by atoms with Crippen LogP contribution in [-0.2, 0) is 19.9 Å². The molecule has 0 bridgehead atoms. The molecule has 0 fully saturated rings. The van der Waals surface area contributed by atoms with Crippen molar-refractivity contribution in [3.05, 3.63) is 88.5 Å². The minimum Gasteiger partial charge on any atom is -0.459 e. The Kier molecular flexibility index (Phi) is 4.93. The summed E-state index contributed by atoms with van der Waals surface area (Å²) in [6.07, 6.45) is 0. The van der Waals surface area contributed by atoms with E-state index in [-0.39, 0.29) is 18.5 Å². The first-order valence-electron chi connectivity index (χ1n) is 11.3. The van der Waals surface area contributed by atoms with E-state index in [0.29, 0.717) is 17.1 Å². The number of esters is 2. The Bertz CT molecular complexity index is 1320. The summed E-state index contributed by atoms with van der Waals surface area (Å²) in [5, 5.41) is 0. The number of hydrogen-bond donors (Lipinski definition) is 0. The molecule has 1 spiro atoms. The lowest BCUT2D eigenvalue weighted by Crippen LogP contribution is -2.34. The molecule has 174 valence electrons. The van der Waals surface area contributed by atoms with Crippen molar-refractivity contribution >= 4 is 17.6 Å². The van der Waals surface area contributed by atoms with E-state index in [4.69, 9.17) is 14.2 Å². The van der Waals surface area contributed by atoms with Crippen LogP contribution in [0.4, 0.5) is 5.69 Å². The lowest BCUT2D eigenvalue weighted by molar-refractivity contribution is -0.152. The molecular weight excluding hydrogens is 430 g/mol. The fourth-order valence-corrected chi connectivity index (χ4v) is 4.67. The van der Waals surface area contributed by atoms with Crippen LogP contribution in [0.5, 0.6) is 11.5 Å². The Balaban J connectivity index is 1.60. The molecule has 0 amide bonds. The van der Waals surface area contributed by atoms with Crippen molar-refractivity contribution in [1.29, 1.82) is 0 Å². The number of ether oxygens (including phenoxy) is 3. The molecule has 2 aliphatic heterocycles. The quantitative estimate of drug-likeness (QED) is 0.495. The van der Waals surface area contributed by atoms with Crippen molar-refractivity contribution < 1.29 is 23.8 Å². The number of fused-ring (bicyclic) bond motifs is 6. The maximum Gasteiger partial charge on any atom is 0.340 e. The number of aryl methyl sites for hydroxylation is 1. The monoisotopic (exact) mass is 457 g/mol. The molecule has 0 saturated carbocycles. The summed E-state index contributed by atoms with van der Waals surface area (Å²) >= 11 is 0. The zero-order valence-electron chi connectivity index (χ0n) is 20.0. The first-order chi connectivity index (χ1) is 16.1. The summed E-state index contributed by atoms with van der Waals surface area (Å²) in [5.74, 6) is 0.547. The maximum absolute atomic E-state index is 12.9. The summed E-state index contributed by atoms with van der Waals surface area (Å²) in [6.45, 7) is 7.62. The predicted molar refractivity (Wildman–Crippen MR) is 129 cm³/mol. The molecule has 1 atom stereocenters. The molecule has 2 aliphatic rings. The molecule has 34 heavy (non-hydrogen) atoms. The van der Waals surface area contributed by atoms with Gasteiger partial charge >= 0.3 is 11.9 Å². The molecule has 0 N–H and O–H groups in total. The number of rotatable bonds is 3. The van der Waals surface area contributed by atoms with Crippen LogP contribution in [0.3, 0.4) is 0 Å². The highest BCUT2D eigenvalue weighted by Gasteiger charge is 2.53. The fraction of sp³-hybridized carbons (Fsp3) is 0.286. The Hall–Kier alpha value is -3.80. The van der Waals surface area contributed by atoms with E-state index in [1.54, 1.807) is 6.07 Å². The van der Waals surface area contributed by atoms with Gasteiger partial charge in [-0.3, -0.25) is 4.79 Å². The number of nitrogens with zero attached hydrogens (tertiary/aromatic N) is 1. The van der Waals surface area contributed by atoms with Crippen LogP contribution in [0, 0.1) is 6.92 Å². The average molecular weight is 458 g/mol. The Morgan fingerprint density at radius 1 is 0.971 bits per heavy atom. The first-order valence-corrected chi connectivity index (χ1v) is 11.3. The molecule has 6 heteroatoms. The van der Waals surface area contributed by atoms with E-state index < -0.39 is 11.2 Å². The third kappa shape index (κ3) is 3.50. The first kappa shape index (κ1) is 22.0. The summed E-state index contributed by atoms with van der Waals surface area (Å²) in [5.41, 5.74) is 3.06. The van der Waals surface area contributed by atoms with Crippen molar-refractivity contribution in [1.82, 2.24) is 0 Å². The van der Waals surface area contributed by atoms with Gasteiger partial charge in [-0.25, -0.2) is 4.79 Å². The zero-order valence-corrected chi connectivity index (χ0v) is 20.0. The standard InChI is InChI=1S/C28H27NO5/c1-17-10-12-21-23(14-17)32-24-15-18(29(5)16-25(30)33-27(2,3)4)11-13-22(24)28(21)20-9-7-6-8-19(20)26(31)34-28/h6-15H,16H2,1-5H3. The third-order valence-corrected chi connectivity index (χ3v) is 6.08. The molecule has 5 rings (SSSR count). The number of benzene rings is 3. The fourth-order valence-electron chi connectivity index (χ4n) is 4.67. The number of likely N-dealkylation sites (N-methyl/N-ethyl adjacent to an activating group) is 1. The van der Waals surface area contributed by atoms with Crippen LogP contribution in [-0.4, -0.2) is 31.1 Å². The van der Waals surface area contributed by atoms with E-state index in [9.17, 15) is 9.59 Å². The van der Waals surface area contributed by atoms with Gasteiger partial charge in [-0.15, -0.1) is 0 Å². The molecule has 0 aliphatic carbocycles. The molecule has 2 heterocycles. The molecule has 0 saturated heterocycles. The van der Waals surface area contributed by atoms with Crippen molar-refractivity contribution in [3.8, 4) is 11.5 Å². The zero-order chi connectivity index (χ0) is 24.3. The molecule has 3 aromatic carbocycles. The number of carbonyl (C=O) groups excluding carboxylic acids is 2. The van der Waals surface area contributed by atoms with Crippen molar-refractivity contribution in [2.24, 2.45) is 0 Å². The molecule has 1 unspecified atom stereocenters. The summed E-state index contributed by atoms with van der Waals surface area (Å²) in [4.78, 5) is 27.1. The van der Waals surface area contributed by atoms with Gasteiger partial charge in [0.25, 0.3) is 0 Å². The molecular formula is C28H27NO5. The summed E-state index contributed by atoms with van der Waals surface area (Å²) in [6, 6.07) is 19.1. The maximum atomic E-state index is 12.9. The van der Waals surface area contributed by atoms with E-state index in [1.165, 1.54) is 0 Å². The van der Waals surface area contributed by atoms with E-state index in [1.807, 2.05) is 94.2 Å². The van der Waals surface area contributed by atoms with Gasteiger partial charge in [0.1, 0.15) is 23.6 Å². The Labute approximate surface area is 199 Å². The lowest BCUT2D eigenvalue weighted by atomic mass is 9.77. The highest BCUT2D eigenvalue weighted by molar-refractivity contribution is 5.97. The van der Waals surface area contributed by atoms with Gasteiger partial charge in [-0.05, 0) is 57.5 Å². The molecule has 6 nitrogen and oxygen atoms in total. The highest BCUT2D eigenvalue weighted by atomic mass is 16.6. The predicted octanol–water partition coefficient (Wildman–Crippen LogP) is 5.34. The van der Waals surface area contributed by atoms with Gasteiger partial charge in [-0.1, -0.05) is 30.3 Å². The van der Waals surface area contributed by atoms with Gasteiger partial charge in [0, 0.05) is 35.5 Å². The van der Waals surface area contributed by atoms with E-state index >= 15 is 0 Å². The Morgan fingerprint density at radius 3 is 2.38 bits per heavy atom. The summed E-state index contributed by atoms with van der Waals surface area (Å²) in [7, 11) is 1.83. The second-order valence-corrected chi connectivity index (χ2v) is 9.84. The minimum atomic E-state index is -1.09. The lowest BCUT2D eigenvalue weighted by Gasteiger charge is -2.37. The molecule has 3 aromatic rings. The van der Waals surface area contributed by atoms with Crippen molar-refractivity contribution in [2.75, 3.05) is 18.5 Å². The van der Waals surface area contributed by atoms with Gasteiger partial charge < -0.3 is 19.1 Å². The smallest absolute Gasteiger partial charge is 0.340 e. The largest absolute Gasteiger partial charge is 0.459 e. The van der Waals surface area contributed by atoms with Gasteiger partial charge in [0.2, 0.25) is 0 Å². The van der Waals surface area contributed by atoms with Crippen LogP contribution in [0.15, 0.2) is 60.7 Å². The van der Waals surface area contributed by atoms with Crippen molar-refractivity contribution in [2.45, 2.75) is 38.9 Å². The van der Waals surface area contributed by atoms with Crippen molar-refractivity contribution in [3.63, 3.8) is 0 Å². The van der Waals surface area contributed by atoms with Crippen LogP contribution in [0.25, 0.3) is 0 Å². The van der Waals surface area contributed by atoms with Gasteiger partial charge in [-0.2, -0.15) is 0 Å². The number of hydrogen-bond acceptors (Lipinski definition) is 6. The van der Waals surface area contributed by atoms with Gasteiger partial charge in [0.15, 0.2) is 5.60 Å².